The van der Waals surface area contributed by atoms with Crippen molar-refractivity contribution in [2.45, 2.75) is 18.5 Å². The number of likely N-dealkylation sites (N-methyl/N-ethyl adjacent to an activating group) is 1. The minimum atomic E-state index is -4.34. The highest BCUT2D eigenvalue weighted by Gasteiger charge is 2.35. The first-order chi connectivity index (χ1) is 10.4. The minimum Gasteiger partial charge on any atom is -0.315 e. The summed E-state index contributed by atoms with van der Waals surface area (Å²) in [6.07, 6.45) is -3.94. The summed E-state index contributed by atoms with van der Waals surface area (Å²) >= 11 is 0. The van der Waals surface area contributed by atoms with E-state index in [4.69, 9.17) is 0 Å². The molecule has 0 bridgehead atoms. The molecule has 1 aliphatic heterocycles. The molecule has 0 aliphatic carbocycles. The normalized spacial score (nSPS) is 17.7. The lowest BCUT2D eigenvalue weighted by atomic mass is 9.93. The van der Waals surface area contributed by atoms with Crippen LogP contribution in [0.1, 0.15) is 22.6 Å². The predicted molar refractivity (Wildman–Crippen MR) is 77.7 cm³/mol. The van der Waals surface area contributed by atoms with Crippen molar-refractivity contribution >= 4 is 11.6 Å². The van der Waals surface area contributed by atoms with Crippen LogP contribution in [-0.2, 0) is 17.4 Å². The largest absolute Gasteiger partial charge is 0.416 e. The smallest absolute Gasteiger partial charge is 0.315 e. The molecule has 0 radical (unpaired) electrons. The van der Waals surface area contributed by atoms with Crippen molar-refractivity contribution in [1.82, 2.24) is 0 Å². The fourth-order valence-corrected chi connectivity index (χ4v) is 2.84. The second-order valence-corrected chi connectivity index (χ2v) is 5.41. The van der Waals surface area contributed by atoms with E-state index >= 15 is 0 Å². The zero-order valence-electron chi connectivity index (χ0n) is 11.9. The first-order valence-corrected chi connectivity index (χ1v) is 6.90. The molecule has 0 aromatic heterocycles. The van der Waals surface area contributed by atoms with Crippen molar-refractivity contribution in [3.63, 3.8) is 0 Å². The standard InChI is InChI=1S/C17H14F3NO/c1-21-15-5-3-2-4-13(15)14(16(21)22)10-11-6-8-12(9-7-11)17(18,19)20/h2-9,14H,10H2,1H3/t14-/m0/s1. The average Bonchev–Trinajstić information content (AvgIpc) is 2.73. The highest BCUT2D eigenvalue weighted by atomic mass is 19.4. The summed E-state index contributed by atoms with van der Waals surface area (Å²) in [6, 6.07) is 12.5. The van der Waals surface area contributed by atoms with Crippen molar-refractivity contribution in [3.05, 3.63) is 65.2 Å². The molecule has 0 unspecified atom stereocenters. The number of amides is 1. The van der Waals surface area contributed by atoms with Gasteiger partial charge in [-0.1, -0.05) is 30.3 Å². The van der Waals surface area contributed by atoms with Crippen molar-refractivity contribution < 1.29 is 18.0 Å². The van der Waals surface area contributed by atoms with E-state index in [0.29, 0.717) is 6.42 Å². The van der Waals surface area contributed by atoms with E-state index in [-0.39, 0.29) is 11.8 Å². The van der Waals surface area contributed by atoms with Gasteiger partial charge in [-0.3, -0.25) is 4.79 Å². The van der Waals surface area contributed by atoms with Crippen LogP contribution in [0.5, 0.6) is 0 Å². The topological polar surface area (TPSA) is 20.3 Å². The molecule has 1 heterocycles. The molecular formula is C17H14F3NO. The Kier molecular flexibility index (Phi) is 3.43. The number of rotatable bonds is 2. The summed E-state index contributed by atoms with van der Waals surface area (Å²) in [7, 11) is 1.72. The molecule has 1 aliphatic rings. The third-order valence-corrected chi connectivity index (χ3v) is 4.02. The predicted octanol–water partition coefficient (Wildman–Crippen LogP) is 4.01. The Bertz CT molecular complexity index is 707. The molecule has 2 aromatic rings. The lowest BCUT2D eigenvalue weighted by molar-refractivity contribution is -0.137. The Morgan fingerprint density at radius 2 is 1.68 bits per heavy atom. The van der Waals surface area contributed by atoms with Gasteiger partial charge in [-0.2, -0.15) is 13.2 Å². The van der Waals surface area contributed by atoms with Gasteiger partial charge in [0.25, 0.3) is 0 Å². The molecule has 0 fully saturated rings. The van der Waals surface area contributed by atoms with Crippen LogP contribution in [-0.4, -0.2) is 13.0 Å². The van der Waals surface area contributed by atoms with Gasteiger partial charge in [0, 0.05) is 12.7 Å². The number of hydrogen-bond acceptors (Lipinski definition) is 1. The average molecular weight is 305 g/mol. The van der Waals surface area contributed by atoms with E-state index in [1.54, 1.807) is 11.9 Å². The van der Waals surface area contributed by atoms with E-state index in [1.807, 2.05) is 24.3 Å². The van der Waals surface area contributed by atoms with Crippen molar-refractivity contribution in [1.29, 1.82) is 0 Å². The molecular weight excluding hydrogens is 291 g/mol. The molecule has 0 spiro atoms. The highest BCUT2D eigenvalue weighted by Crippen LogP contribution is 2.38. The Labute approximate surface area is 126 Å². The highest BCUT2D eigenvalue weighted by molar-refractivity contribution is 6.04. The van der Waals surface area contributed by atoms with Gasteiger partial charge in [0.1, 0.15) is 0 Å². The van der Waals surface area contributed by atoms with Gasteiger partial charge >= 0.3 is 6.18 Å². The zero-order chi connectivity index (χ0) is 15.9. The molecule has 0 saturated carbocycles. The van der Waals surface area contributed by atoms with Gasteiger partial charge in [-0.05, 0) is 35.7 Å². The molecule has 3 rings (SSSR count). The van der Waals surface area contributed by atoms with Crippen molar-refractivity contribution in [2.24, 2.45) is 0 Å². The maximum absolute atomic E-state index is 12.6. The quantitative estimate of drug-likeness (QED) is 0.821. The number of carbonyl (C=O) groups excluding carboxylic acids is 1. The lowest BCUT2D eigenvalue weighted by Gasteiger charge is -2.12. The van der Waals surface area contributed by atoms with Crippen LogP contribution in [0, 0.1) is 0 Å². The van der Waals surface area contributed by atoms with Crippen LogP contribution < -0.4 is 4.90 Å². The Balaban J connectivity index is 1.86. The Morgan fingerprint density at radius 3 is 2.32 bits per heavy atom. The SMILES string of the molecule is CN1C(=O)[C@@H](Cc2ccc(C(F)(F)F)cc2)c2ccccc21. The van der Waals surface area contributed by atoms with Gasteiger partial charge in [-0.15, -0.1) is 0 Å². The van der Waals surface area contributed by atoms with E-state index in [2.05, 4.69) is 0 Å². The number of alkyl halides is 3. The number of hydrogen-bond donors (Lipinski definition) is 0. The molecule has 22 heavy (non-hydrogen) atoms. The molecule has 0 saturated heterocycles. The van der Waals surface area contributed by atoms with Gasteiger partial charge in [0.2, 0.25) is 5.91 Å². The molecule has 0 N–H and O–H groups in total. The minimum absolute atomic E-state index is 0.0268. The lowest BCUT2D eigenvalue weighted by Crippen LogP contribution is -2.24. The van der Waals surface area contributed by atoms with Gasteiger partial charge < -0.3 is 4.90 Å². The Morgan fingerprint density at radius 1 is 1.05 bits per heavy atom. The van der Waals surface area contributed by atoms with Crippen molar-refractivity contribution in [3.8, 4) is 0 Å². The van der Waals surface area contributed by atoms with Gasteiger partial charge in [0.15, 0.2) is 0 Å². The fourth-order valence-electron chi connectivity index (χ4n) is 2.84. The third-order valence-electron chi connectivity index (χ3n) is 4.02. The van der Waals surface area contributed by atoms with Crippen LogP contribution in [0.4, 0.5) is 18.9 Å². The van der Waals surface area contributed by atoms with E-state index in [9.17, 15) is 18.0 Å². The van der Waals surface area contributed by atoms with E-state index < -0.39 is 11.7 Å². The molecule has 1 amide bonds. The number of nitrogens with zero attached hydrogens (tertiary/aromatic N) is 1. The summed E-state index contributed by atoms with van der Waals surface area (Å²) in [6.45, 7) is 0. The second kappa shape index (κ2) is 5.16. The zero-order valence-corrected chi connectivity index (χ0v) is 11.9. The third kappa shape index (κ3) is 2.47. The second-order valence-electron chi connectivity index (χ2n) is 5.41. The first-order valence-electron chi connectivity index (χ1n) is 6.90. The molecule has 2 nitrogen and oxygen atoms in total. The summed E-state index contributed by atoms with van der Waals surface area (Å²) in [5, 5.41) is 0. The summed E-state index contributed by atoms with van der Waals surface area (Å²) in [4.78, 5) is 13.9. The summed E-state index contributed by atoms with van der Waals surface area (Å²) < 4.78 is 37.7. The monoisotopic (exact) mass is 305 g/mol. The van der Waals surface area contributed by atoms with Crippen LogP contribution >= 0.6 is 0 Å². The van der Waals surface area contributed by atoms with Gasteiger partial charge in [0.05, 0.1) is 11.5 Å². The Hall–Kier alpha value is -2.30. The summed E-state index contributed by atoms with van der Waals surface area (Å²) in [5.41, 5.74) is 1.84. The number of fused-ring (bicyclic) bond motifs is 1. The van der Waals surface area contributed by atoms with Crippen LogP contribution in [0.25, 0.3) is 0 Å². The number of carbonyl (C=O) groups is 1. The number of halogens is 3. The summed E-state index contributed by atoms with van der Waals surface area (Å²) in [5.74, 6) is -0.362. The van der Waals surface area contributed by atoms with Gasteiger partial charge in [-0.25, -0.2) is 0 Å². The number of benzene rings is 2. The van der Waals surface area contributed by atoms with Crippen LogP contribution in [0.15, 0.2) is 48.5 Å². The van der Waals surface area contributed by atoms with Crippen molar-refractivity contribution in [2.75, 3.05) is 11.9 Å². The first kappa shape index (κ1) is 14.6. The maximum atomic E-state index is 12.6. The number of para-hydroxylation sites is 1. The van der Waals surface area contributed by atoms with E-state index in [0.717, 1.165) is 28.9 Å². The molecule has 1 atom stereocenters. The molecule has 114 valence electrons. The number of anilines is 1. The van der Waals surface area contributed by atoms with E-state index in [1.165, 1.54) is 12.1 Å². The maximum Gasteiger partial charge on any atom is 0.416 e. The molecule has 2 aromatic carbocycles. The fraction of sp³-hybridized carbons (Fsp3) is 0.235. The van der Waals surface area contributed by atoms with Crippen LogP contribution in [0.3, 0.4) is 0 Å². The van der Waals surface area contributed by atoms with Crippen LogP contribution in [0.2, 0.25) is 0 Å². The molecule has 5 heteroatoms.